The molecule has 1 aromatic heterocycles. The van der Waals surface area contributed by atoms with Crippen LogP contribution in [0.2, 0.25) is 0 Å². The number of hydrogen-bond acceptors (Lipinski definition) is 6. The van der Waals surface area contributed by atoms with E-state index < -0.39 is 9.84 Å². The Kier molecular flexibility index (Phi) is 5.93. The molecule has 0 spiro atoms. The predicted molar refractivity (Wildman–Crippen MR) is 133 cm³/mol. The zero-order valence-electron chi connectivity index (χ0n) is 18.8. The molecule has 3 aromatic rings. The number of carbonyl (C=O) groups is 1. The zero-order chi connectivity index (χ0) is 23.7. The molecule has 1 fully saturated rings. The number of piperidine rings is 1. The Morgan fingerprint density at radius 3 is 2.38 bits per heavy atom. The number of carbonyl (C=O) groups excluding carboxylic acids is 1. The fourth-order valence-corrected chi connectivity index (χ4v) is 5.04. The van der Waals surface area contributed by atoms with E-state index >= 15 is 0 Å². The highest BCUT2D eigenvalue weighted by atomic mass is 32.2. The Morgan fingerprint density at radius 2 is 1.71 bits per heavy atom. The molecule has 2 N–H and O–H groups in total. The first-order valence-electron chi connectivity index (χ1n) is 11.2. The summed E-state index contributed by atoms with van der Waals surface area (Å²) in [5.41, 5.74) is 4.66. The Hall–Kier alpha value is -3.49. The standard InChI is InChI=1S/C26H25N4O3S/c1-34(32,33)22-8-4-19(5-9-22)23-16-20-12-15-28-26(31)24(20)25(30-23)29-21-6-2-17(3-7-21)18-10-13-27-14-11-18/h2-9,12,15-16,18,27H,10-11,13-14H2,1H3,(H,29,30). The number of aromatic nitrogens is 1. The summed E-state index contributed by atoms with van der Waals surface area (Å²) < 4.78 is 23.6. The van der Waals surface area contributed by atoms with Gasteiger partial charge in [0.1, 0.15) is 5.82 Å². The van der Waals surface area contributed by atoms with Crippen molar-refractivity contribution in [2.45, 2.75) is 23.7 Å². The summed E-state index contributed by atoms with van der Waals surface area (Å²) in [6, 6.07) is 16.7. The van der Waals surface area contributed by atoms with Crippen LogP contribution in [0.4, 0.5) is 11.5 Å². The van der Waals surface area contributed by atoms with Gasteiger partial charge >= 0.3 is 0 Å². The first-order valence-corrected chi connectivity index (χ1v) is 13.1. The molecule has 173 valence electrons. The van der Waals surface area contributed by atoms with Gasteiger partial charge in [-0.3, -0.25) is 4.79 Å². The lowest BCUT2D eigenvalue weighted by atomic mass is 9.90. The zero-order valence-corrected chi connectivity index (χ0v) is 19.6. The van der Waals surface area contributed by atoms with E-state index in [1.54, 1.807) is 30.3 Å². The van der Waals surface area contributed by atoms with E-state index in [1.807, 2.05) is 18.2 Å². The highest BCUT2D eigenvalue weighted by Crippen LogP contribution is 2.32. The highest BCUT2D eigenvalue weighted by molar-refractivity contribution is 7.90. The lowest BCUT2D eigenvalue weighted by Crippen LogP contribution is -2.26. The second-order valence-electron chi connectivity index (χ2n) is 8.64. The molecular weight excluding hydrogens is 448 g/mol. The number of benzene rings is 2. The average Bonchev–Trinajstić information content (AvgIpc) is 2.84. The maximum atomic E-state index is 12.6. The molecule has 0 aliphatic carbocycles. The van der Waals surface area contributed by atoms with Crippen molar-refractivity contribution in [3.05, 3.63) is 77.5 Å². The minimum absolute atomic E-state index is 0.246. The van der Waals surface area contributed by atoms with Gasteiger partial charge in [0.25, 0.3) is 5.91 Å². The summed E-state index contributed by atoms with van der Waals surface area (Å²) in [6.45, 7) is 2.08. The summed E-state index contributed by atoms with van der Waals surface area (Å²) >= 11 is 0. The van der Waals surface area contributed by atoms with Crippen molar-refractivity contribution in [3.63, 3.8) is 0 Å². The Labute approximate surface area is 199 Å². The smallest absolute Gasteiger partial charge is 0.281 e. The normalized spacial score (nSPS) is 16.1. The number of rotatable bonds is 5. The third kappa shape index (κ3) is 4.60. The van der Waals surface area contributed by atoms with Gasteiger partial charge < -0.3 is 10.6 Å². The van der Waals surface area contributed by atoms with E-state index in [2.05, 4.69) is 28.1 Å². The Bertz CT molecular complexity index is 1360. The Morgan fingerprint density at radius 1 is 1.00 bits per heavy atom. The number of anilines is 2. The largest absolute Gasteiger partial charge is 0.340 e. The maximum Gasteiger partial charge on any atom is 0.281 e. The monoisotopic (exact) mass is 473 g/mol. The number of hydrogen-bond donors (Lipinski definition) is 2. The SMILES string of the molecule is CS(=O)(=O)c1ccc(-c2cc3c(c(Nc4ccc(C5CCNCC5)cc4)n2)C(=O)[N]C=C3)cc1. The van der Waals surface area contributed by atoms with Crippen LogP contribution in [0.25, 0.3) is 17.3 Å². The van der Waals surface area contributed by atoms with E-state index in [9.17, 15) is 13.2 Å². The van der Waals surface area contributed by atoms with Crippen LogP contribution in [0.3, 0.4) is 0 Å². The molecule has 8 heteroatoms. The lowest BCUT2D eigenvalue weighted by molar-refractivity contribution is 0.0965. The van der Waals surface area contributed by atoms with Crippen LogP contribution >= 0.6 is 0 Å². The molecule has 1 saturated heterocycles. The molecule has 0 atom stereocenters. The Balaban J connectivity index is 1.49. The summed E-state index contributed by atoms with van der Waals surface area (Å²) in [7, 11) is -3.29. The van der Waals surface area contributed by atoms with Gasteiger partial charge in [0.15, 0.2) is 9.84 Å². The molecule has 5 rings (SSSR count). The second-order valence-corrected chi connectivity index (χ2v) is 10.7. The van der Waals surface area contributed by atoms with E-state index in [-0.39, 0.29) is 10.8 Å². The average molecular weight is 474 g/mol. The number of nitrogens with zero attached hydrogens (tertiary/aromatic N) is 2. The van der Waals surface area contributed by atoms with E-state index in [4.69, 9.17) is 4.98 Å². The molecule has 7 nitrogen and oxygen atoms in total. The summed E-state index contributed by atoms with van der Waals surface area (Å²) in [5, 5.41) is 10.6. The topological polar surface area (TPSA) is 102 Å². The number of pyridine rings is 1. The molecule has 0 bridgehead atoms. The van der Waals surface area contributed by atoms with Crippen molar-refractivity contribution in [1.82, 2.24) is 15.6 Å². The molecule has 34 heavy (non-hydrogen) atoms. The second kappa shape index (κ2) is 9.04. The van der Waals surface area contributed by atoms with E-state index in [1.165, 1.54) is 18.0 Å². The molecule has 2 aromatic carbocycles. The molecule has 1 radical (unpaired) electrons. The van der Waals surface area contributed by atoms with Gasteiger partial charge in [-0.25, -0.2) is 18.7 Å². The van der Waals surface area contributed by atoms with Crippen LogP contribution in [-0.2, 0) is 9.84 Å². The number of nitrogens with one attached hydrogen (secondary N) is 2. The first-order chi connectivity index (χ1) is 16.4. The minimum Gasteiger partial charge on any atom is -0.340 e. The number of sulfone groups is 1. The molecule has 0 saturated carbocycles. The van der Waals surface area contributed by atoms with Gasteiger partial charge in [-0.2, -0.15) is 0 Å². The van der Waals surface area contributed by atoms with E-state index in [0.717, 1.165) is 37.2 Å². The van der Waals surface area contributed by atoms with Gasteiger partial charge in [0.05, 0.1) is 16.2 Å². The quantitative estimate of drug-likeness (QED) is 0.579. The molecule has 1 amide bonds. The molecule has 2 aliphatic rings. The van der Waals surface area contributed by atoms with Crippen molar-refractivity contribution in [1.29, 1.82) is 0 Å². The van der Waals surface area contributed by atoms with Gasteiger partial charge in [-0.15, -0.1) is 0 Å². The van der Waals surface area contributed by atoms with Crippen molar-refractivity contribution < 1.29 is 13.2 Å². The predicted octanol–water partition coefficient (Wildman–Crippen LogP) is 4.09. The van der Waals surface area contributed by atoms with Gasteiger partial charge in [0, 0.05) is 23.7 Å². The van der Waals surface area contributed by atoms with Crippen LogP contribution in [0, 0.1) is 0 Å². The van der Waals surface area contributed by atoms with Crippen molar-refractivity contribution in [2.75, 3.05) is 24.7 Å². The lowest BCUT2D eigenvalue weighted by Gasteiger charge is -2.23. The van der Waals surface area contributed by atoms with Gasteiger partial charge in [-0.1, -0.05) is 24.3 Å². The number of fused-ring (bicyclic) bond motifs is 1. The molecule has 3 heterocycles. The summed E-state index contributed by atoms with van der Waals surface area (Å²) in [4.78, 5) is 17.6. The number of amides is 1. The van der Waals surface area contributed by atoms with Crippen molar-refractivity contribution in [3.8, 4) is 11.3 Å². The van der Waals surface area contributed by atoms with Crippen LogP contribution in [0.1, 0.15) is 40.2 Å². The van der Waals surface area contributed by atoms with Crippen molar-refractivity contribution >= 4 is 33.3 Å². The fourth-order valence-electron chi connectivity index (χ4n) is 4.41. The fraction of sp³-hybridized carbons (Fsp3) is 0.231. The van der Waals surface area contributed by atoms with E-state index in [0.29, 0.717) is 28.6 Å². The molecular formula is C26H25N4O3S. The van der Waals surface area contributed by atoms with Crippen LogP contribution in [-0.4, -0.2) is 38.7 Å². The highest BCUT2D eigenvalue weighted by Gasteiger charge is 2.23. The summed E-state index contributed by atoms with van der Waals surface area (Å²) in [5.74, 6) is 0.634. The van der Waals surface area contributed by atoms with Gasteiger partial charge in [-0.05, 0) is 79.4 Å². The maximum absolute atomic E-state index is 12.6. The summed E-state index contributed by atoms with van der Waals surface area (Å²) in [6.07, 6.45) is 6.70. The van der Waals surface area contributed by atoms with Crippen LogP contribution in [0.5, 0.6) is 0 Å². The van der Waals surface area contributed by atoms with Gasteiger partial charge in [0.2, 0.25) is 0 Å². The molecule has 2 aliphatic heterocycles. The molecule has 0 unspecified atom stereocenters. The minimum atomic E-state index is -3.29. The van der Waals surface area contributed by atoms with Crippen LogP contribution in [0.15, 0.2) is 65.7 Å². The first kappa shape index (κ1) is 22.3. The van der Waals surface area contributed by atoms with Crippen LogP contribution < -0.4 is 16.0 Å². The third-order valence-electron chi connectivity index (χ3n) is 6.27. The van der Waals surface area contributed by atoms with Crippen molar-refractivity contribution in [2.24, 2.45) is 0 Å². The third-order valence-corrected chi connectivity index (χ3v) is 7.40.